The Hall–Kier alpha value is -1.92. The molecule has 5 rings (SSSR count). The second kappa shape index (κ2) is 7.89. The van der Waals surface area contributed by atoms with E-state index in [1.54, 1.807) is 18.2 Å². The summed E-state index contributed by atoms with van der Waals surface area (Å²) in [6.07, 6.45) is 3.06. The maximum Gasteiger partial charge on any atom is 0.236 e. The molecule has 2 heterocycles. The monoisotopic (exact) mass is 459 g/mol. The van der Waals surface area contributed by atoms with Crippen molar-refractivity contribution in [1.29, 1.82) is 0 Å². The molecule has 0 bridgehead atoms. The van der Waals surface area contributed by atoms with Gasteiger partial charge in [0, 0.05) is 22.9 Å². The molecule has 1 aliphatic carbocycles. The van der Waals surface area contributed by atoms with E-state index in [2.05, 4.69) is 5.32 Å². The fraction of sp³-hybridized carbons (Fsp3) is 0.417. The van der Waals surface area contributed by atoms with Gasteiger partial charge in [-0.2, -0.15) is 0 Å². The van der Waals surface area contributed by atoms with E-state index in [9.17, 15) is 9.59 Å². The highest BCUT2D eigenvalue weighted by Crippen LogP contribution is 2.46. The molecule has 5 nitrogen and oxygen atoms in total. The number of amides is 1. The fourth-order valence-electron chi connectivity index (χ4n) is 4.97. The number of hydrogen-bond acceptors (Lipinski definition) is 4. The smallest absolute Gasteiger partial charge is 0.236 e. The molecule has 2 saturated heterocycles. The molecule has 2 spiro atoms. The first-order chi connectivity index (χ1) is 14.9. The van der Waals surface area contributed by atoms with Crippen molar-refractivity contribution in [3.8, 4) is 11.1 Å². The maximum absolute atomic E-state index is 13.6. The predicted octanol–water partition coefficient (Wildman–Crippen LogP) is 4.89. The van der Waals surface area contributed by atoms with Crippen molar-refractivity contribution < 1.29 is 19.1 Å². The fourth-order valence-corrected chi connectivity index (χ4v) is 5.32. The van der Waals surface area contributed by atoms with Gasteiger partial charge in [0.05, 0.1) is 13.2 Å². The second-order valence-corrected chi connectivity index (χ2v) is 9.42. The summed E-state index contributed by atoms with van der Waals surface area (Å²) in [5.41, 5.74) is 1.48. The SMILES string of the molecule is O=C1NC2(CCC3(CC2)OCCCO3)C(=O)C1c1cc(-c2ccc(Cl)cc2)ccc1Cl. The average Bonchev–Trinajstić information content (AvgIpc) is 3.02. The zero-order valence-electron chi connectivity index (χ0n) is 17.0. The summed E-state index contributed by atoms with van der Waals surface area (Å²) in [6.45, 7) is 1.34. The number of hydrogen-bond donors (Lipinski definition) is 1. The largest absolute Gasteiger partial charge is 0.350 e. The molecule has 31 heavy (non-hydrogen) atoms. The van der Waals surface area contributed by atoms with Crippen LogP contribution in [0.15, 0.2) is 42.5 Å². The summed E-state index contributed by atoms with van der Waals surface area (Å²) in [7, 11) is 0. The number of carbonyl (C=O) groups excluding carboxylic acids is 2. The van der Waals surface area contributed by atoms with Gasteiger partial charge in [0.2, 0.25) is 5.91 Å². The van der Waals surface area contributed by atoms with Crippen LogP contribution < -0.4 is 5.32 Å². The number of Topliss-reactive ketones (excluding diaryl/α,β-unsaturated/α-hetero) is 1. The van der Waals surface area contributed by atoms with Gasteiger partial charge < -0.3 is 14.8 Å². The molecule has 0 aromatic heterocycles. The normalized spacial score (nSPS) is 24.5. The van der Waals surface area contributed by atoms with Crippen molar-refractivity contribution in [2.75, 3.05) is 13.2 Å². The molecule has 2 aromatic carbocycles. The number of benzene rings is 2. The van der Waals surface area contributed by atoms with E-state index in [0.29, 0.717) is 54.5 Å². The van der Waals surface area contributed by atoms with Crippen LogP contribution in [-0.4, -0.2) is 36.2 Å². The summed E-state index contributed by atoms with van der Waals surface area (Å²) in [6, 6.07) is 12.9. The van der Waals surface area contributed by atoms with Gasteiger partial charge in [-0.15, -0.1) is 0 Å². The third kappa shape index (κ3) is 3.68. The molecular weight excluding hydrogens is 437 g/mol. The van der Waals surface area contributed by atoms with E-state index in [-0.39, 0.29) is 11.7 Å². The summed E-state index contributed by atoms with van der Waals surface area (Å²) >= 11 is 12.5. The van der Waals surface area contributed by atoms with Crippen molar-refractivity contribution in [3.63, 3.8) is 0 Å². The Bertz CT molecular complexity index is 1020. The average molecular weight is 460 g/mol. The summed E-state index contributed by atoms with van der Waals surface area (Å²) < 4.78 is 11.8. The topological polar surface area (TPSA) is 64.6 Å². The van der Waals surface area contributed by atoms with Gasteiger partial charge in [-0.3, -0.25) is 9.59 Å². The first kappa shape index (κ1) is 21.0. The first-order valence-corrected chi connectivity index (χ1v) is 11.4. The van der Waals surface area contributed by atoms with Crippen LogP contribution in [0.3, 0.4) is 0 Å². The Morgan fingerprint density at radius 2 is 1.52 bits per heavy atom. The number of ether oxygens (including phenoxy) is 2. The van der Waals surface area contributed by atoms with Crippen LogP contribution in [-0.2, 0) is 19.1 Å². The lowest BCUT2D eigenvalue weighted by atomic mass is 9.74. The van der Waals surface area contributed by atoms with Gasteiger partial charge in [-0.1, -0.05) is 41.4 Å². The van der Waals surface area contributed by atoms with E-state index in [0.717, 1.165) is 17.5 Å². The predicted molar refractivity (Wildman–Crippen MR) is 118 cm³/mol. The van der Waals surface area contributed by atoms with Gasteiger partial charge in [0.15, 0.2) is 11.6 Å². The lowest BCUT2D eigenvalue weighted by Gasteiger charge is -2.45. The lowest BCUT2D eigenvalue weighted by molar-refractivity contribution is -0.283. The minimum Gasteiger partial charge on any atom is -0.350 e. The van der Waals surface area contributed by atoms with Gasteiger partial charge in [0.25, 0.3) is 0 Å². The van der Waals surface area contributed by atoms with Crippen LogP contribution in [0.1, 0.15) is 43.6 Å². The molecule has 1 amide bonds. The molecule has 1 saturated carbocycles. The Balaban J connectivity index is 1.42. The zero-order chi connectivity index (χ0) is 21.6. The number of halogens is 2. The molecular formula is C24H23Cl2NO4. The highest BCUT2D eigenvalue weighted by molar-refractivity contribution is 6.33. The van der Waals surface area contributed by atoms with Crippen LogP contribution >= 0.6 is 23.2 Å². The van der Waals surface area contributed by atoms with Crippen LogP contribution in [0.25, 0.3) is 11.1 Å². The molecule has 1 atom stereocenters. The Labute approximate surface area is 191 Å². The van der Waals surface area contributed by atoms with Crippen molar-refractivity contribution >= 4 is 34.9 Å². The molecule has 162 valence electrons. The van der Waals surface area contributed by atoms with Crippen LogP contribution in [0.5, 0.6) is 0 Å². The molecule has 2 aliphatic heterocycles. The Morgan fingerprint density at radius 3 is 2.19 bits per heavy atom. The number of ketones is 1. The third-order valence-corrected chi connectivity index (χ3v) is 7.32. The summed E-state index contributed by atoms with van der Waals surface area (Å²) in [5, 5.41) is 4.06. The molecule has 3 fully saturated rings. The Kier molecular flexibility index (Phi) is 5.33. The zero-order valence-corrected chi connectivity index (χ0v) is 18.5. The number of carbonyl (C=O) groups is 2. The molecule has 7 heteroatoms. The highest BCUT2D eigenvalue weighted by Gasteiger charge is 2.57. The molecule has 1 unspecified atom stereocenters. The summed E-state index contributed by atoms with van der Waals surface area (Å²) in [4.78, 5) is 26.6. The quantitative estimate of drug-likeness (QED) is 0.649. The van der Waals surface area contributed by atoms with E-state index in [1.807, 2.05) is 24.3 Å². The second-order valence-electron chi connectivity index (χ2n) is 8.57. The van der Waals surface area contributed by atoms with Gasteiger partial charge in [-0.25, -0.2) is 0 Å². The number of rotatable bonds is 2. The number of nitrogens with one attached hydrogen (secondary N) is 1. The third-order valence-electron chi connectivity index (χ3n) is 6.73. The highest BCUT2D eigenvalue weighted by atomic mass is 35.5. The minimum absolute atomic E-state index is 0.113. The summed E-state index contributed by atoms with van der Waals surface area (Å²) in [5.74, 6) is -1.93. The van der Waals surface area contributed by atoms with Crippen molar-refractivity contribution in [3.05, 3.63) is 58.1 Å². The van der Waals surface area contributed by atoms with Crippen LogP contribution in [0, 0.1) is 0 Å². The standard InChI is InChI=1S/C24H23Cl2NO4/c25-17-5-2-15(3-6-17)16-4-7-19(26)18(14-16)20-21(28)23(27-22(20)29)8-10-24(11-9-23)30-12-1-13-31-24/h2-7,14,20H,1,8-13H2,(H,27,29). The lowest BCUT2D eigenvalue weighted by Crippen LogP contribution is -2.55. The van der Waals surface area contributed by atoms with Crippen LogP contribution in [0.2, 0.25) is 10.0 Å². The van der Waals surface area contributed by atoms with Crippen LogP contribution in [0.4, 0.5) is 0 Å². The van der Waals surface area contributed by atoms with Crippen molar-refractivity contribution in [2.45, 2.75) is 49.3 Å². The van der Waals surface area contributed by atoms with E-state index in [1.165, 1.54) is 0 Å². The first-order valence-electron chi connectivity index (χ1n) is 10.6. The van der Waals surface area contributed by atoms with Gasteiger partial charge in [-0.05, 0) is 60.2 Å². The Morgan fingerprint density at radius 1 is 0.871 bits per heavy atom. The maximum atomic E-state index is 13.6. The molecule has 3 aliphatic rings. The molecule has 2 aromatic rings. The molecule has 0 radical (unpaired) electrons. The van der Waals surface area contributed by atoms with Gasteiger partial charge >= 0.3 is 0 Å². The van der Waals surface area contributed by atoms with Crippen molar-refractivity contribution in [2.24, 2.45) is 0 Å². The minimum atomic E-state index is -0.915. The van der Waals surface area contributed by atoms with Crippen molar-refractivity contribution in [1.82, 2.24) is 5.32 Å². The van der Waals surface area contributed by atoms with E-state index in [4.69, 9.17) is 32.7 Å². The van der Waals surface area contributed by atoms with E-state index >= 15 is 0 Å². The molecule has 1 N–H and O–H groups in total. The van der Waals surface area contributed by atoms with E-state index < -0.39 is 17.2 Å². The van der Waals surface area contributed by atoms with Gasteiger partial charge in [0.1, 0.15) is 11.5 Å².